The first-order valence-corrected chi connectivity index (χ1v) is 9.65. The first kappa shape index (κ1) is 23.7. The van der Waals surface area contributed by atoms with Gasteiger partial charge < -0.3 is 20.4 Å². The molecular weight excluding hydrogens is 457 g/mol. The maximum atomic E-state index is 12.0. The highest BCUT2D eigenvalue weighted by Gasteiger charge is 2.19. The fraction of sp³-hybridized carbons (Fsp3) is 0.737. The monoisotopic (exact) mass is 491 g/mol. The number of oxazole rings is 1. The third kappa shape index (κ3) is 8.49. The predicted octanol–water partition coefficient (Wildman–Crippen LogP) is 3.09. The Labute approximate surface area is 179 Å². The minimum Gasteiger partial charge on any atom is -0.443 e. The highest BCUT2D eigenvalue weighted by Crippen LogP contribution is 2.22. The number of carbonyl (C=O) groups is 1. The van der Waals surface area contributed by atoms with Crippen LogP contribution in [0.25, 0.3) is 0 Å². The third-order valence-corrected chi connectivity index (χ3v) is 4.37. The van der Waals surface area contributed by atoms with Gasteiger partial charge in [-0.2, -0.15) is 0 Å². The summed E-state index contributed by atoms with van der Waals surface area (Å²) in [5.41, 5.74) is -0.0651. The zero-order valence-corrected chi connectivity index (χ0v) is 19.3. The molecule has 2 rings (SSSR count). The second-order valence-electron chi connectivity index (χ2n) is 7.79. The van der Waals surface area contributed by atoms with Crippen LogP contribution in [-0.4, -0.2) is 36.0 Å². The Kier molecular flexibility index (Phi) is 10.1. The van der Waals surface area contributed by atoms with E-state index >= 15 is 0 Å². The number of hydrogen-bond acceptors (Lipinski definition) is 4. The number of carbonyl (C=O) groups excluding carboxylic acids is 1. The molecule has 0 atom stereocenters. The lowest BCUT2D eigenvalue weighted by Crippen LogP contribution is -2.40. The molecule has 1 heterocycles. The molecule has 1 aliphatic carbocycles. The lowest BCUT2D eigenvalue weighted by molar-refractivity contribution is -0.121. The molecule has 1 amide bonds. The first-order chi connectivity index (χ1) is 12.4. The van der Waals surface area contributed by atoms with E-state index in [0.29, 0.717) is 37.4 Å². The van der Waals surface area contributed by atoms with E-state index in [2.05, 4.69) is 46.7 Å². The fourth-order valence-electron chi connectivity index (χ4n) is 2.88. The number of nitrogens with zero attached hydrogens (tertiary/aromatic N) is 2. The van der Waals surface area contributed by atoms with Gasteiger partial charge in [0.05, 0.1) is 6.20 Å². The molecule has 0 saturated heterocycles. The van der Waals surface area contributed by atoms with Gasteiger partial charge in [0.2, 0.25) is 11.8 Å². The molecule has 8 heteroatoms. The van der Waals surface area contributed by atoms with E-state index in [1.54, 1.807) is 6.20 Å². The highest BCUT2D eigenvalue weighted by atomic mass is 127. The zero-order valence-electron chi connectivity index (χ0n) is 16.9. The molecule has 1 aromatic heterocycles. The molecule has 1 aromatic rings. The molecule has 1 saturated carbocycles. The summed E-state index contributed by atoms with van der Waals surface area (Å²) in [7, 11) is 0. The number of halogens is 1. The molecule has 0 unspecified atom stereocenters. The molecule has 0 bridgehead atoms. The Morgan fingerprint density at radius 2 is 2.00 bits per heavy atom. The van der Waals surface area contributed by atoms with Crippen molar-refractivity contribution < 1.29 is 9.21 Å². The maximum Gasteiger partial charge on any atom is 0.221 e. The lowest BCUT2D eigenvalue weighted by Gasteiger charge is -2.14. The molecule has 27 heavy (non-hydrogen) atoms. The summed E-state index contributed by atoms with van der Waals surface area (Å²) < 4.78 is 5.76. The topological polar surface area (TPSA) is 91.6 Å². The summed E-state index contributed by atoms with van der Waals surface area (Å²) in [5, 5.41) is 9.46. The van der Waals surface area contributed by atoms with E-state index in [1.807, 2.05) is 6.92 Å². The molecule has 0 aliphatic heterocycles. The van der Waals surface area contributed by atoms with Crippen molar-refractivity contribution in [3.05, 3.63) is 17.8 Å². The van der Waals surface area contributed by atoms with Crippen molar-refractivity contribution in [3.63, 3.8) is 0 Å². The number of nitrogens with one attached hydrogen (secondary N) is 3. The Balaban J connectivity index is 0.00000364. The van der Waals surface area contributed by atoms with E-state index < -0.39 is 0 Å². The van der Waals surface area contributed by atoms with E-state index in [9.17, 15) is 4.79 Å². The van der Waals surface area contributed by atoms with Crippen molar-refractivity contribution >= 4 is 35.8 Å². The molecule has 7 nitrogen and oxygen atoms in total. The van der Waals surface area contributed by atoms with Gasteiger partial charge in [-0.25, -0.2) is 9.98 Å². The maximum absolute atomic E-state index is 12.0. The standard InChI is InChI=1S/C19H33N5O2.HI/c1-5-20-18(21-11-10-16(25)24-14-8-6-7-9-14)23-13-17-22-12-15(26-17)19(2,3)4;/h12,14H,5-11,13H2,1-4H3,(H,24,25)(H2,20,21,23);1H. The fourth-order valence-corrected chi connectivity index (χ4v) is 2.88. The number of aliphatic imine (C=N–C) groups is 1. The molecule has 154 valence electrons. The Morgan fingerprint density at radius 1 is 1.30 bits per heavy atom. The Morgan fingerprint density at radius 3 is 2.59 bits per heavy atom. The normalized spacial score (nSPS) is 15.3. The van der Waals surface area contributed by atoms with E-state index in [1.165, 1.54) is 12.8 Å². The summed E-state index contributed by atoms with van der Waals surface area (Å²) in [4.78, 5) is 20.8. The first-order valence-electron chi connectivity index (χ1n) is 9.65. The predicted molar refractivity (Wildman–Crippen MR) is 118 cm³/mol. The summed E-state index contributed by atoms with van der Waals surface area (Å²) >= 11 is 0. The number of rotatable bonds is 7. The molecule has 1 aliphatic rings. The smallest absolute Gasteiger partial charge is 0.221 e. The van der Waals surface area contributed by atoms with Crippen LogP contribution < -0.4 is 16.0 Å². The van der Waals surface area contributed by atoms with Crippen LogP contribution in [-0.2, 0) is 16.8 Å². The number of hydrogen-bond donors (Lipinski definition) is 3. The van der Waals surface area contributed by atoms with Crippen LogP contribution in [0.1, 0.15) is 71.5 Å². The van der Waals surface area contributed by atoms with Crippen LogP contribution >= 0.6 is 24.0 Å². The molecule has 0 spiro atoms. The van der Waals surface area contributed by atoms with Crippen LogP contribution in [0, 0.1) is 0 Å². The average Bonchev–Trinajstić information content (AvgIpc) is 3.23. The number of amides is 1. The van der Waals surface area contributed by atoms with Gasteiger partial charge in [-0.15, -0.1) is 24.0 Å². The Hall–Kier alpha value is -1.32. The van der Waals surface area contributed by atoms with Gasteiger partial charge in [-0.05, 0) is 19.8 Å². The van der Waals surface area contributed by atoms with Crippen molar-refractivity contribution in [2.24, 2.45) is 4.99 Å². The van der Waals surface area contributed by atoms with Crippen LogP contribution in [0.5, 0.6) is 0 Å². The molecule has 1 fully saturated rings. The van der Waals surface area contributed by atoms with Gasteiger partial charge >= 0.3 is 0 Å². The van der Waals surface area contributed by atoms with Gasteiger partial charge in [-0.3, -0.25) is 4.79 Å². The second kappa shape index (κ2) is 11.5. The van der Waals surface area contributed by atoms with Gasteiger partial charge in [0.15, 0.2) is 5.96 Å². The van der Waals surface area contributed by atoms with E-state index in [4.69, 9.17) is 4.42 Å². The van der Waals surface area contributed by atoms with Gasteiger partial charge in [0.25, 0.3) is 0 Å². The molecule has 3 N–H and O–H groups in total. The molecular formula is C19H34IN5O2. The average molecular weight is 491 g/mol. The minimum atomic E-state index is -0.0651. The second-order valence-corrected chi connectivity index (χ2v) is 7.79. The van der Waals surface area contributed by atoms with Gasteiger partial charge in [0, 0.05) is 31.0 Å². The van der Waals surface area contributed by atoms with Crippen molar-refractivity contribution in [2.45, 2.75) is 77.8 Å². The minimum absolute atomic E-state index is 0. The molecule has 0 radical (unpaired) electrons. The zero-order chi connectivity index (χ0) is 19.0. The van der Waals surface area contributed by atoms with Crippen molar-refractivity contribution in [1.82, 2.24) is 20.9 Å². The van der Waals surface area contributed by atoms with Crippen LogP contribution in [0.15, 0.2) is 15.6 Å². The third-order valence-electron chi connectivity index (χ3n) is 4.37. The van der Waals surface area contributed by atoms with E-state index in [0.717, 1.165) is 25.1 Å². The van der Waals surface area contributed by atoms with Crippen LogP contribution in [0.4, 0.5) is 0 Å². The van der Waals surface area contributed by atoms with Crippen LogP contribution in [0.2, 0.25) is 0 Å². The number of aromatic nitrogens is 1. The summed E-state index contributed by atoms with van der Waals surface area (Å²) in [5.74, 6) is 2.20. The van der Waals surface area contributed by atoms with Crippen molar-refractivity contribution in [1.29, 1.82) is 0 Å². The Bertz CT molecular complexity index is 603. The van der Waals surface area contributed by atoms with Gasteiger partial charge in [0.1, 0.15) is 12.3 Å². The number of guanidine groups is 1. The van der Waals surface area contributed by atoms with E-state index in [-0.39, 0.29) is 35.3 Å². The van der Waals surface area contributed by atoms with Crippen molar-refractivity contribution in [3.8, 4) is 0 Å². The van der Waals surface area contributed by atoms with Gasteiger partial charge in [-0.1, -0.05) is 33.6 Å². The SMILES string of the molecule is CCNC(=NCc1ncc(C(C)(C)C)o1)NCCC(=O)NC1CCCC1.I. The summed E-state index contributed by atoms with van der Waals surface area (Å²) in [6, 6.07) is 0.367. The molecule has 0 aromatic carbocycles. The summed E-state index contributed by atoms with van der Waals surface area (Å²) in [6.07, 6.45) is 6.86. The highest BCUT2D eigenvalue weighted by molar-refractivity contribution is 14.0. The lowest BCUT2D eigenvalue weighted by atomic mass is 9.94. The van der Waals surface area contributed by atoms with Crippen LogP contribution in [0.3, 0.4) is 0 Å². The van der Waals surface area contributed by atoms with Crippen molar-refractivity contribution in [2.75, 3.05) is 13.1 Å². The largest absolute Gasteiger partial charge is 0.443 e. The quantitative estimate of drug-likeness (QED) is 0.310. The summed E-state index contributed by atoms with van der Waals surface area (Å²) in [6.45, 7) is 9.92.